The second kappa shape index (κ2) is 17.1. The van der Waals surface area contributed by atoms with Crippen LogP contribution >= 0.6 is 0 Å². The zero-order valence-electron chi connectivity index (χ0n) is 28.8. The summed E-state index contributed by atoms with van der Waals surface area (Å²) < 4.78 is 33.8. The van der Waals surface area contributed by atoms with Crippen molar-refractivity contribution < 1.29 is 27.9 Å². The lowest BCUT2D eigenvalue weighted by Crippen LogP contribution is -2.56. The molecule has 3 aromatic carbocycles. The van der Waals surface area contributed by atoms with Gasteiger partial charge < -0.3 is 30.1 Å². The first-order chi connectivity index (χ1) is 23.6. The van der Waals surface area contributed by atoms with Crippen LogP contribution in [0.3, 0.4) is 0 Å². The molecule has 0 radical (unpaired) electrons. The summed E-state index contributed by atoms with van der Waals surface area (Å²) in [4.78, 5) is 46.8. The fourth-order valence-electron chi connectivity index (χ4n) is 6.95. The van der Waals surface area contributed by atoms with Gasteiger partial charge in [-0.25, -0.2) is 8.78 Å². The minimum atomic E-state index is -1.04. The number of likely N-dealkylation sites (tertiary alicyclic amines) is 1. The third-order valence-corrected chi connectivity index (χ3v) is 10.1. The molecule has 4 atom stereocenters. The van der Waals surface area contributed by atoms with Crippen molar-refractivity contribution in [2.75, 3.05) is 54.0 Å². The average molecular weight is 678 g/mol. The summed E-state index contributed by atoms with van der Waals surface area (Å²) in [6, 6.07) is 15.9. The molecule has 2 aliphatic heterocycles. The number of carbonyl (C=O) groups is 3. The lowest BCUT2D eigenvalue weighted by Gasteiger charge is -2.35. The van der Waals surface area contributed by atoms with Crippen LogP contribution in [0.25, 0.3) is 10.8 Å². The largest absolute Gasteiger partial charge is 0.370 e. The van der Waals surface area contributed by atoms with E-state index in [1.165, 1.54) is 22.9 Å². The molecule has 2 saturated heterocycles. The van der Waals surface area contributed by atoms with Crippen LogP contribution < -0.4 is 10.6 Å². The molecular formula is C38H49F2N5O4. The van der Waals surface area contributed by atoms with Gasteiger partial charge in [0.2, 0.25) is 17.7 Å². The molecule has 2 N–H and O–H groups in total. The minimum absolute atomic E-state index is 0.0353. The van der Waals surface area contributed by atoms with Gasteiger partial charge in [-0.3, -0.25) is 14.4 Å². The number of likely N-dealkylation sites (N-methyl/N-ethyl adjacent to an activating group) is 2. The minimum Gasteiger partial charge on any atom is -0.370 e. The lowest BCUT2D eigenvalue weighted by molar-refractivity contribution is -0.149. The van der Waals surface area contributed by atoms with E-state index in [9.17, 15) is 23.2 Å². The normalized spacial score (nSPS) is 19.1. The molecule has 264 valence electrons. The van der Waals surface area contributed by atoms with E-state index in [4.69, 9.17) is 4.74 Å². The second-order valence-electron chi connectivity index (χ2n) is 13.5. The molecule has 2 heterocycles. The molecule has 2 fully saturated rings. The van der Waals surface area contributed by atoms with Crippen LogP contribution in [0.15, 0.2) is 60.7 Å². The first-order valence-electron chi connectivity index (χ1n) is 17.3. The molecule has 9 nitrogen and oxygen atoms in total. The van der Waals surface area contributed by atoms with Crippen molar-refractivity contribution in [1.29, 1.82) is 0 Å². The maximum Gasteiger partial charge on any atom is 0.249 e. The van der Waals surface area contributed by atoms with Crippen molar-refractivity contribution in [3.8, 4) is 0 Å². The Bertz CT molecular complexity index is 1600. The highest BCUT2D eigenvalue weighted by Gasteiger charge is 2.35. The van der Waals surface area contributed by atoms with Crippen LogP contribution in [0.5, 0.6) is 0 Å². The SMILES string of the molecule is CN1CCCC1CCNC(=O)[C@@H](Cc1ccc(F)c(F)c1)N(C)C(=O)[C@@H](Cc1ccc2ccccc2c1)N(C)C(=O)COC[C@@H]1CCCN1. The van der Waals surface area contributed by atoms with Gasteiger partial charge in [0.05, 0.1) is 6.61 Å². The van der Waals surface area contributed by atoms with Crippen molar-refractivity contribution in [1.82, 2.24) is 25.3 Å². The van der Waals surface area contributed by atoms with Crippen LogP contribution in [0.4, 0.5) is 8.78 Å². The predicted molar refractivity (Wildman–Crippen MR) is 186 cm³/mol. The quantitative estimate of drug-likeness (QED) is 0.254. The molecule has 0 saturated carbocycles. The summed E-state index contributed by atoms with van der Waals surface area (Å²) >= 11 is 0. The van der Waals surface area contributed by atoms with Crippen molar-refractivity contribution in [3.63, 3.8) is 0 Å². The highest BCUT2D eigenvalue weighted by Crippen LogP contribution is 2.21. The number of amides is 3. The number of fused-ring (bicyclic) bond motifs is 1. The summed E-state index contributed by atoms with van der Waals surface area (Å²) in [6.07, 6.45) is 5.14. The third kappa shape index (κ3) is 9.61. The maximum atomic E-state index is 14.5. The van der Waals surface area contributed by atoms with Gasteiger partial charge in [0.25, 0.3) is 0 Å². The number of benzene rings is 3. The number of halogens is 2. The van der Waals surface area contributed by atoms with Gasteiger partial charge in [0.15, 0.2) is 11.6 Å². The molecule has 11 heteroatoms. The number of nitrogens with zero attached hydrogens (tertiary/aromatic N) is 3. The van der Waals surface area contributed by atoms with E-state index in [0.29, 0.717) is 24.8 Å². The molecule has 49 heavy (non-hydrogen) atoms. The predicted octanol–water partition coefficient (Wildman–Crippen LogP) is 3.93. The second-order valence-corrected chi connectivity index (χ2v) is 13.5. The number of rotatable bonds is 15. The lowest BCUT2D eigenvalue weighted by atomic mass is 9.98. The number of carbonyl (C=O) groups excluding carboxylic acids is 3. The molecule has 1 unspecified atom stereocenters. The number of ether oxygens (including phenoxy) is 1. The first kappa shape index (κ1) is 36.4. The van der Waals surface area contributed by atoms with E-state index in [-0.39, 0.29) is 31.4 Å². The zero-order valence-corrected chi connectivity index (χ0v) is 28.8. The molecule has 3 aromatic rings. The fraction of sp³-hybridized carbons (Fsp3) is 0.500. The van der Waals surface area contributed by atoms with E-state index in [1.54, 1.807) is 7.05 Å². The smallest absolute Gasteiger partial charge is 0.249 e. The van der Waals surface area contributed by atoms with Crippen molar-refractivity contribution in [3.05, 3.63) is 83.4 Å². The summed E-state index contributed by atoms with van der Waals surface area (Å²) in [5.74, 6) is -3.21. The highest BCUT2D eigenvalue weighted by molar-refractivity contribution is 5.92. The zero-order chi connectivity index (χ0) is 34.9. The van der Waals surface area contributed by atoms with E-state index in [2.05, 4.69) is 22.6 Å². The Balaban J connectivity index is 1.37. The van der Waals surface area contributed by atoms with Crippen LogP contribution in [0.2, 0.25) is 0 Å². The third-order valence-electron chi connectivity index (χ3n) is 10.1. The topological polar surface area (TPSA) is 94.2 Å². The van der Waals surface area contributed by atoms with Gasteiger partial charge in [-0.1, -0.05) is 48.5 Å². The van der Waals surface area contributed by atoms with Crippen LogP contribution in [-0.2, 0) is 32.0 Å². The van der Waals surface area contributed by atoms with Crippen LogP contribution in [0.1, 0.15) is 43.2 Å². The van der Waals surface area contributed by atoms with Crippen LogP contribution in [0, 0.1) is 11.6 Å². The van der Waals surface area contributed by atoms with Gasteiger partial charge >= 0.3 is 0 Å². The molecule has 3 amide bonds. The molecule has 2 aliphatic rings. The van der Waals surface area contributed by atoms with Crippen molar-refractivity contribution >= 4 is 28.5 Å². The van der Waals surface area contributed by atoms with Gasteiger partial charge in [0, 0.05) is 45.6 Å². The Labute approximate surface area is 287 Å². The van der Waals surface area contributed by atoms with E-state index < -0.39 is 35.5 Å². The summed E-state index contributed by atoms with van der Waals surface area (Å²) in [6.45, 7) is 2.57. The maximum absolute atomic E-state index is 14.5. The summed E-state index contributed by atoms with van der Waals surface area (Å²) in [7, 11) is 5.19. The Hall–Kier alpha value is -3.93. The molecular weight excluding hydrogens is 628 g/mol. The van der Waals surface area contributed by atoms with Crippen molar-refractivity contribution in [2.45, 2.75) is 69.1 Å². The van der Waals surface area contributed by atoms with Crippen LogP contribution in [-0.4, -0.2) is 111 Å². The van der Waals surface area contributed by atoms with E-state index >= 15 is 0 Å². The first-order valence-corrected chi connectivity index (χ1v) is 17.3. The van der Waals surface area contributed by atoms with Gasteiger partial charge in [-0.2, -0.15) is 0 Å². The highest BCUT2D eigenvalue weighted by atomic mass is 19.2. The van der Waals surface area contributed by atoms with E-state index in [1.807, 2.05) is 42.5 Å². The van der Waals surface area contributed by atoms with E-state index in [0.717, 1.165) is 73.7 Å². The molecule has 0 bridgehead atoms. The molecule has 0 spiro atoms. The molecule has 0 aliphatic carbocycles. The van der Waals surface area contributed by atoms with Gasteiger partial charge in [-0.05, 0) is 86.3 Å². The standard InChI is InChI=1S/C38H49F2N5O4/c1-43-19-7-11-31(43)16-18-42-37(47)34(22-27-13-15-32(39)33(40)21-27)45(3)38(48)35(23-26-12-14-28-8-4-5-9-29(28)20-26)44(2)36(46)25-49-24-30-10-6-17-41-30/h4-5,8-9,12-15,20-21,30-31,34-35,41H,6-7,10-11,16-19,22-25H2,1-3H3,(H,42,47)/t30-,31?,34+,35+/m0/s1. The Morgan fingerprint density at radius 1 is 0.918 bits per heavy atom. The monoisotopic (exact) mass is 677 g/mol. The number of hydrogen-bond donors (Lipinski definition) is 2. The van der Waals surface area contributed by atoms with Gasteiger partial charge in [-0.15, -0.1) is 0 Å². The average Bonchev–Trinajstić information content (AvgIpc) is 3.78. The number of nitrogens with one attached hydrogen (secondary N) is 2. The fourth-order valence-corrected chi connectivity index (χ4v) is 6.95. The molecule has 5 rings (SSSR count). The summed E-state index contributed by atoms with van der Waals surface area (Å²) in [5.41, 5.74) is 1.22. The summed E-state index contributed by atoms with van der Waals surface area (Å²) in [5, 5.41) is 8.40. The Kier molecular flexibility index (Phi) is 12.7. The number of hydrogen-bond acceptors (Lipinski definition) is 6. The Morgan fingerprint density at radius 2 is 1.65 bits per heavy atom. The Morgan fingerprint density at radius 3 is 2.37 bits per heavy atom. The van der Waals surface area contributed by atoms with Gasteiger partial charge in [0.1, 0.15) is 18.7 Å². The molecule has 0 aromatic heterocycles. The van der Waals surface area contributed by atoms with Crippen molar-refractivity contribution in [2.24, 2.45) is 0 Å².